The molecule has 0 aliphatic heterocycles. The molecule has 0 bridgehead atoms. The van der Waals surface area contributed by atoms with Crippen molar-refractivity contribution in [2.75, 3.05) is 0 Å². The van der Waals surface area contributed by atoms with Crippen molar-refractivity contribution in [3.8, 4) is 23.7 Å². The molecule has 0 heteroatoms. The van der Waals surface area contributed by atoms with E-state index in [-0.39, 0.29) is 0 Å². The van der Waals surface area contributed by atoms with E-state index in [0.717, 1.165) is 41.5 Å². The largest absolute Gasteiger partial charge is 0.0654 e. The van der Waals surface area contributed by atoms with Crippen LogP contribution in [0.2, 0.25) is 0 Å². The third-order valence-electron chi connectivity index (χ3n) is 5.56. The molecule has 3 rings (SSSR count). The maximum Gasteiger partial charge on any atom is 0.0281 e. The fraction of sp³-hybridized carbons (Fsp3) is 0.290. The summed E-state index contributed by atoms with van der Waals surface area (Å²) in [5.74, 6) is 13.3. The summed E-state index contributed by atoms with van der Waals surface area (Å²) in [4.78, 5) is 0. The van der Waals surface area contributed by atoms with Crippen molar-refractivity contribution < 1.29 is 0 Å². The Morgan fingerprint density at radius 2 is 1.13 bits per heavy atom. The second kappa shape index (κ2) is 11.8. The highest BCUT2D eigenvalue weighted by atomic mass is 14.0. The van der Waals surface area contributed by atoms with Gasteiger partial charge in [-0.3, -0.25) is 0 Å². The summed E-state index contributed by atoms with van der Waals surface area (Å²) in [6.07, 6.45) is 6.99. The van der Waals surface area contributed by atoms with Crippen LogP contribution in [0, 0.1) is 23.7 Å². The summed E-state index contributed by atoms with van der Waals surface area (Å²) < 4.78 is 0. The molecule has 31 heavy (non-hydrogen) atoms. The summed E-state index contributed by atoms with van der Waals surface area (Å²) in [6, 6.07) is 23.6. The standard InChI is InChI=1S/C31H32/c1-4-7-8-9-26-14-16-28(17-15-26)20-22-31-23-21-29(24-30(31)6-3)19-18-27-12-10-25(5-2)11-13-27/h10-17,21,23-24H,4-9H2,1-3H3. The van der Waals surface area contributed by atoms with Crippen LogP contribution in [0.5, 0.6) is 0 Å². The van der Waals surface area contributed by atoms with E-state index in [1.54, 1.807) is 0 Å². The van der Waals surface area contributed by atoms with Gasteiger partial charge in [0.25, 0.3) is 0 Å². The summed E-state index contributed by atoms with van der Waals surface area (Å²) in [5.41, 5.74) is 8.24. The van der Waals surface area contributed by atoms with Crippen molar-refractivity contribution in [3.05, 3.63) is 106 Å². The molecule has 0 aromatic heterocycles. The molecule has 0 spiro atoms. The van der Waals surface area contributed by atoms with Gasteiger partial charge in [-0.1, -0.05) is 81.6 Å². The summed E-state index contributed by atoms with van der Waals surface area (Å²) in [7, 11) is 0. The fourth-order valence-corrected chi connectivity index (χ4v) is 3.53. The van der Waals surface area contributed by atoms with Crippen LogP contribution in [0.3, 0.4) is 0 Å². The normalized spacial score (nSPS) is 10.0. The third-order valence-corrected chi connectivity index (χ3v) is 5.56. The van der Waals surface area contributed by atoms with Crippen LogP contribution in [-0.2, 0) is 19.3 Å². The quantitative estimate of drug-likeness (QED) is 0.298. The van der Waals surface area contributed by atoms with Gasteiger partial charge in [0.1, 0.15) is 0 Å². The molecule has 0 aliphatic carbocycles. The van der Waals surface area contributed by atoms with E-state index in [4.69, 9.17) is 0 Å². The van der Waals surface area contributed by atoms with Gasteiger partial charge in [0.15, 0.2) is 0 Å². The Hall–Kier alpha value is -3.22. The van der Waals surface area contributed by atoms with Gasteiger partial charge >= 0.3 is 0 Å². The predicted molar refractivity (Wildman–Crippen MR) is 133 cm³/mol. The molecule has 0 radical (unpaired) electrons. The van der Waals surface area contributed by atoms with Crippen LogP contribution in [0.25, 0.3) is 0 Å². The monoisotopic (exact) mass is 404 g/mol. The first-order valence-corrected chi connectivity index (χ1v) is 11.6. The van der Waals surface area contributed by atoms with E-state index in [2.05, 4.69) is 111 Å². The Labute approximate surface area is 188 Å². The van der Waals surface area contributed by atoms with Crippen molar-refractivity contribution in [3.63, 3.8) is 0 Å². The molecule has 0 fully saturated rings. The van der Waals surface area contributed by atoms with Gasteiger partial charge in [0.2, 0.25) is 0 Å². The van der Waals surface area contributed by atoms with Crippen LogP contribution >= 0.6 is 0 Å². The minimum Gasteiger partial charge on any atom is -0.0654 e. The topological polar surface area (TPSA) is 0 Å². The molecular weight excluding hydrogens is 372 g/mol. The van der Waals surface area contributed by atoms with Gasteiger partial charge < -0.3 is 0 Å². The van der Waals surface area contributed by atoms with E-state index < -0.39 is 0 Å². The first kappa shape index (κ1) is 22.5. The van der Waals surface area contributed by atoms with Crippen molar-refractivity contribution in [1.82, 2.24) is 0 Å². The highest BCUT2D eigenvalue weighted by Gasteiger charge is 2.00. The van der Waals surface area contributed by atoms with E-state index in [0.29, 0.717) is 0 Å². The smallest absolute Gasteiger partial charge is 0.0281 e. The van der Waals surface area contributed by atoms with Crippen LogP contribution in [0.4, 0.5) is 0 Å². The molecule has 0 saturated carbocycles. The Balaban J connectivity index is 1.71. The van der Waals surface area contributed by atoms with Gasteiger partial charge in [0, 0.05) is 22.3 Å². The lowest BCUT2D eigenvalue weighted by Gasteiger charge is -2.03. The summed E-state index contributed by atoms with van der Waals surface area (Å²) in [6.45, 7) is 6.58. The molecule has 0 N–H and O–H groups in total. The first-order valence-electron chi connectivity index (χ1n) is 11.6. The number of rotatable bonds is 6. The minimum absolute atomic E-state index is 0.946. The Bertz CT molecular complexity index is 1090. The second-order valence-corrected chi connectivity index (χ2v) is 7.93. The van der Waals surface area contributed by atoms with Gasteiger partial charge in [0.05, 0.1) is 0 Å². The van der Waals surface area contributed by atoms with Crippen LogP contribution in [-0.4, -0.2) is 0 Å². The highest BCUT2D eigenvalue weighted by molar-refractivity contribution is 5.52. The maximum absolute atomic E-state index is 3.37. The highest BCUT2D eigenvalue weighted by Crippen LogP contribution is 2.13. The van der Waals surface area contributed by atoms with Crippen molar-refractivity contribution in [2.24, 2.45) is 0 Å². The average molecular weight is 405 g/mol. The first-order chi connectivity index (χ1) is 15.2. The molecule has 0 amide bonds. The van der Waals surface area contributed by atoms with Gasteiger partial charge in [-0.05, 0) is 84.8 Å². The SMILES string of the molecule is CCCCCc1ccc(C#Cc2ccc(C#Cc3ccc(CC)cc3)cc2CC)cc1. The third kappa shape index (κ3) is 6.91. The number of aryl methyl sites for hydroxylation is 3. The number of hydrogen-bond donors (Lipinski definition) is 0. The zero-order valence-corrected chi connectivity index (χ0v) is 19.1. The summed E-state index contributed by atoms with van der Waals surface area (Å²) in [5, 5.41) is 0. The van der Waals surface area contributed by atoms with Gasteiger partial charge in [-0.2, -0.15) is 0 Å². The van der Waals surface area contributed by atoms with Crippen LogP contribution in [0.15, 0.2) is 66.7 Å². The van der Waals surface area contributed by atoms with E-state index in [9.17, 15) is 0 Å². The Morgan fingerprint density at radius 3 is 1.74 bits per heavy atom. The lowest BCUT2D eigenvalue weighted by molar-refractivity contribution is 0.717. The summed E-state index contributed by atoms with van der Waals surface area (Å²) >= 11 is 0. The fourth-order valence-electron chi connectivity index (χ4n) is 3.53. The molecule has 0 saturated heterocycles. The van der Waals surface area contributed by atoms with Crippen molar-refractivity contribution in [1.29, 1.82) is 0 Å². The van der Waals surface area contributed by atoms with Gasteiger partial charge in [-0.15, -0.1) is 0 Å². The van der Waals surface area contributed by atoms with Crippen molar-refractivity contribution in [2.45, 2.75) is 59.3 Å². The lowest BCUT2D eigenvalue weighted by Crippen LogP contribution is -1.90. The van der Waals surface area contributed by atoms with E-state index in [1.807, 2.05) is 0 Å². The maximum atomic E-state index is 3.37. The average Bonchev–Trinajstić information content (AvgIpc) is 2.83. The number of hydrogen-bond acceptors (Lipinski definition) is 0. The predicted octanol–water partition coefficient (Wildman–Crippen LogP) is 7.34. The Kier molecular flexibility index (Phi) is 8.58. The molecule has 0 aliphatic rings. The molecule has 0 atom stereocenters. The molecule has 0 unspecified atom stereocenters. The molecular formula is C31H32. The van der Waals surface area contributed by atoms with Crippen LogP contribution < -0.4 is 0 Å². The second-order valence-electron chi connectivity index (χ2n) is 7.93. The van der Waals surface area contributed by atoms with E-state index >= 15 is 0 Å². The molecule has 0 heterocycles. The van der Waals surface area contributed by atoms with Gasteiger partial charge in [-0.25, -0.2) is 0 Å². The number of benzene rings is 3. The number of unbranched alkanes of at least 4 members (excludes halogenated alkanes) is 2. The van der Waals surface area contributed by atoms with E-state index in [1.165, 1.54) is 36.0 Å². The zero-order chi connectivity index (χ0) is 21.9. The minimum atomic E-state index is 0.946. The molecule has 3 aromatic carbocycles. The molecule has 156 valence electrons. The lowest BCUT2D eigenvalue weighted by atomic mass is 10.0. The van der Waals surface area contributed by atoms with Crippen LogP contribution in [0.1, 0.15) is 79.0 Å². The van der Waals surface area contributed by atoms with Crippen molar-refractivity contribution >= 4 is 0 Å². The zero-order valence-electron chi connectivity index (χ0n) is 19.1. The molecule has 3 aromatic rings. The molecule has 0 nitrogen and oxygen atoms in total. The Morgan fingerprint density at radius 1 is 0.548 bits per heavy atom.